The van der Waals surface area contributed by atoms with Gasteiger partial charge in [0.15, 0.2) is 0 Å². The van der Waals surface area contributed by atoms with E-state index in [2.05, 4.69) is 22.8 Å². The Morgan fingerprint density at radius 2 is 2.19 bits per heavy atom. The van der Waals surface area contributed by atoms with Crippen LogP contribution < -0.4 is 4.74 Å². The smallest absolute Gasteiger partial charge is 0.122 e. The lowest BCUT2D eigenvalue weighted by molar-refractivity contribution is 0.288. The fourth-order valence-corrected chi connectivity index (χ4v) is 1.99. The summed E-state index contributed by atoms with van der Waals surface area (Å²) in [5, 5.41) is 10.1. The highest BCUT2D eigenvalue weighted by molar-refractivity contribution is 5.82. The number of fused-ring (bicyclic) bond motifs is 1. The average molecular weight is 219 g/mol. The Balaban J connectivity index is 2.47. The Kier molecular flexibility index (Phi) is 3.15. The zero-order chi connectivity index (χ0) is 11.5. The minimum Gasteiger partial charge on any atom is -0.496 e. The third-order valence-electron chi connectivity index (χ3n) is 2.89. The summed E-state index contributed by atoms with van der Waals surface area (Å²) in [7, 11) is 3.72. The van der Waals surface area contributed by atoms with Crippen LogP contribution >= 0.6 is 0 Å². The number of methoxy groups -OCH3 is 1. The molecule has 0 atom stereocenters. The number of rotatable bonds is 4. The first-order valence-corrected chi connectivity index (χ1v) is 5.49. The summed E-state index contributed by atoms with van der Waals surface area (Å²) in [4.78, 5) is 0. The Bertz CT molecular complexity index is 488. The number of hydrogen-bond donors (Lipinski definition) is 1. The first-order valence-electron chi connectivity index (χ1n) is 5.49. The van der Waals surface area contributed by atoms with Gasteiger partial charge in [0.25, 0.3) is 0 Å². The molecular weight excluding hydrogens is 202 g/mol. The molecule has 86 valence electrons. The van der Waals surface area contributed by atoms with Crippen LogP contribution in [0.5, 0.6) is 5.75 Å². The van der Waals surface area contributed by atoms with Gasteiger partial charge in [0.1, 0.15) is 5.75 Å². The summed E-state index contributed by atoms with van der Waals surface area (Å²) in [5.41, 5.74) is 2.36. The summed E-state index contributed by atoms with van der Waals surface area (Å²) in [6.07, 6.45) is 3.66. The molecule has 2 rings (SSSR count). The number of ether oxygens (including phenoxy) is 1. The molecule has 0 aliphatic heterocycles. The van der Waals surface area contributed by atoms with Crippen LogP contribution in [0.25, 0.3) is 10.9 Å². The second-order valence-corrected chi connectivity index (χ2v) is 3.98. The largest absolute Gasteiger partial charge is 0.496 e. The van der Waals surface area contributed by atoms with E-state index in [1.807, 2.05) is 13.2 Å². The van der Waals surface area contributed by atoms with E-state index >= 15 is 0 Å². The molecule has 0 aliphatic carbocycles. The molecule has 0 unspecified atom stereocenters. The van der Waals surface area contributed by atoms with Gasteiger partial charge in [-0.25, -0.2) is 0 Å². The number of aromatic nitrogens is 1. The number of aliphatic hydroxyl groups is 1. The normalized spacial score (nSPS) is 10.9. The predicted octanol–water partition coefficient (Wildman–Crippen LogP) is 2.11. The van der Waals surface area contributed by atoms with Crippen LogP contribution in [0.4, 0.5) is 0 Å². The molecule has 1 aromatic carbocycles. The molecule has 2 aromatic rings. The van der Waals surface area contributed by atoms with Crippen molar-refractivity contribution in [3.8, 4) is 5.75 Å². The second kappa shape index (κ2) is 4.58. The highest BCUT2D eigenvalue weighted by Crippen LogP contribution is 2.27. The van der Waals surface area contributed by atoms with E-state index in [-0.39, 0.29) is 6.61 Å². The molecule has 16 heavy (non-hydrogen) atoms. The van der Waals surface area contributed by atoms with Gasteiger partial charge in [0, 0.05) is 30.8 Å². The van der Waals surface area contributed by atoms with E-state index < -0.39 is 0 Å². The van der Waals surface area contributed by atoms with Crippen molar-refractivity contribution in [2.24, 2.45) is 7.05 Å². The number of nitrogens with zero attached hydrogens (tertiary/aromatic N) is 1. The quantitative estimate of drug-likeness (QED) is 0.854. The highest BCUT2D eigenvalue weighted by atomic mass is 16.5. The van der Waals surface area contributed by atoms with Gasteiger partial charge in [-0.05, 0) is 36.6 Å². The van der Waals surface area contributed by atoms with E-state index in [4.69, 9.17) is 9.84 Å². The molecule has 0 aliphatic rings. The van der Waals surface area contributed by atoms with E-state index in [1.165, 1.54) is 10.9 Å². The monoisotopic (exact) mass is 219 g/mol. The summed E-state index contributed by atoms with van der Waals surface area (Å²) >= 11 is 0. The number of hydrogen-bond acceptors (Lipinski definition) is 2. The molecular formula is C13H17NO2. The molecule has 0 bridgehead atoms. The minimum atomic E-state index is 0.217. The van der Waals surface area contributed by atoms with E-state index in [0.717, 1.165) is 24.2 Å². The van der Waals surface area contributed by atoms with Gasteiger partial charge in [-0.2, -0.15) is 0 Å². The van der Waals surface area contributed by atoms with Gasteiger partial charge in [0.2, 0.25) is 0 Å². The Morgan fingerprint density at radius 3 is 2.88 bits per heavy atom. The summed E-state index contributed by atoms with van der Waals surface area (Å²) in [5.74, 6) is 0.909. The topological polar surface area (TPSA) is 34.4 Å². The van der Waals surface area contributed by atoms with Gasteiger partial charge >= 0.3 is 0 Å². The standard InChI is InChI=1S/C13H17NO2/c1-14-6-5-10-9-13(16-2)11(4-3-7-15)8-12(10)14/h5-6,8-9,15H,3-4,7H2,1-2H3. The SMILES string of the molecule is COc1cc2ccn(C)c2cc1CCCO. The van der Waals surface area contributed by atoms with Gasteiger partial charge in [-0.3, -0.25) is 0 Å². The lowest BCUT2D eigenvalue weighted by atomic mass is 10.1. The van der Waals surface area contributed by atoms with Gasteiger partial charge < -0.3 is 14.4 Å². The molecule has 1 heterocycles. The zero-order valence-corrected chi connectivity index (χ0v) is 9.73. The molecule has 0 amide bonds. The van der Waals surface area contributed by atoms with Crippen molar-refractivity contribution >= 4 is 10.9 Å². The Labute approximate surface area is 95.3 Å². The molecule has 0 saturated heterocycles. The van der Waals surface area contributed by atoms with Crippen molar-refractivity contribution in [3.63, 3.8) is 0 Å². The minimum absolute atomic E-state index is 0.217. The molecule has 0 spiro atoms. The van der Waals surface area contributed by atoms with Gasteiger partial charge in [-0.1, -0.05) is 0 Å². The summed E-state index contributed by atoms with van der Waals surface area (Å²) in [6.45, 7) is 0.217. The van der Waals surface area contributed by atoms with E-state index in [1.54, 1.807) is 7.11 Å². The lowest BCUT2D eigenvalue weighted by Gasteiger charge is -2.09. The van der Waals surface area contributed by atoms with Crippen LogP contribution in [0.1, 0.15) is 12.0 Å². The maximum absolute atomic E-state index is 8.87. The molecule has 0 fully saturated rings. The molecule has 3 heteroatoms. The number of aliphatic hydroxyl groups excluding tert-OH is 1. The predicted molar refractivity (Wildman–Crippen MR) is 64.9 cm³/mol. The van der Waals surface area contributed by atoms with Crippen molar-refractivity contribution in [2.75, 3.05) is 13.7 Å². The molecule has 1 N–H and O–H groups in total. The Morgan fingerprint density at radius 1 is 1.38 bits per heavy atom. The maximum atomic E-state index is 8.87. The van der Waals surface area contributed by atoms with Crippen LogP contribution in [0.2, 0.25) is 0 Å². The number of aryl methyl sites for hydroxylation is 2. The Hall–Kier alpha value is -1.48. The summed E-state index contributed by atoms with van der Waals surface area (Å²) < 4.78 is 7.46. The zero-order valence-electron chi connectivity index (χ0n) is 9.73. The van der Waals surface area contributed by atoms with E-state index in [0.29, 0.717) is 0 Å². The van der Waals surface area contributed by atoms with Crippen LogP contribution in [0.15, 0.2) is 24.4 Å². The first kappa shape index (κ1) is 11.0. The molecule has 0 saturated carbocycles. The van der Waals surface area contributed by atoms with Crippen molar-refractivity contribution in [2.45, 2.75) is 12.8 Å². The summed E-state index contributed by atoms with van der Waals surface area (Å²) in [6, 6.07) is 6.28. The fraction of sp³-hybridized carbons (Fsp3) is 0.385. The van der Waals surface area contributed by atoms with Crippen LogP contribution in [0, 0.1) is 0 Å². The van der Waals surface area contributed by atoms with Crippen LogP contribution in [-0.2, 0) is 13.5 Å². The van der Waals surface area contributed by atoms with Crippen molar-refractivity contribution in [1.29, 1.82) is 0 Å². The van der Waals surface area contributed by atoms with E-state index in [9.17, 15) is 0 Å². The highest BCUT2D eigenvalue weighted by Gasteiger charge is 2.07. The lowest BCUT2D eigenvalue weighted by Crippen LogP contribution is -1.95. The average Bonchev–Trinajstić information content (AvgIpc) is 2.66. The van der Waals surface area contributed by atoms with Gasteiger partial charge in [0.05, 0.1) is 7.11 Å². The first-order chi connectivity index (χ1) is 7.76. The molecule has 1 aromatic heterocycles. The molecule has 0 radical (unpaired) electrons. The third kappa shape index (κ3) is 1.91. The third-order valence-corrected chi connectivity index (χ3v) is 2.89. The van der Waals surface area contributed by atoms with Crippen molar-refractivity contribution < 1.29 is 9.84 Å². The number of benzene rings is 1. The van der Waals surface area contributed by atoms with Gasteiger partial charge in [-0.15, -0.1) is 0 Å². The second-order valence-electron chi connectivity index (χ2n) is 3.98. The van der Waals surface area contributed by atoms with Crippen LogP contribution in [0.3, 0.4) is 0 Å². The van der Waals surface area contributed by atoms with Crippen molar-refractivity contribution in [3.05, 3.63) is 30.0 Å². The maximum Gasteiger partial charge on any atom is 0.122 e. The fourth-order valence-electron chi connectivity index (χ4n) is 1.99. The molecule has 3 nitrogen and oxygen atoms in total. The van der Waals surface area contributed by atoms with Crippen LogP contribution in [-0.4, -0.2) is 23.4 Å². The van der Waals surface area contributed by atoms with Crippen molar-refractivity contribution in [1.82, 2.24) is 4.57 Å².